The monoisotopic (exact) mass is 572 g/mol. The lowest BCUT2D eigenvalue weighted by atomic mass is 9.91. The number of hydrogen-bond donors (Lipinski definition) is 2. The average molecular weight is 573 g/mol. The van der Waals surface area contributed by atoms with Gasteiger partial charge >= 0.3 is 0 Å². The first kappa shape index (κ1) is 28.4. The van der Waals surface area contributed by atoms with E-state index in [0.29, 0.717) is 24.3 Å². The molecule has 0 radical (unpaired) electrons. The van der Waals surface area contributed by atoms with Gasteiger partial charge in [0.1, 0.15) is 22.8 Å². The van der Waals surface area contributed by atoms with Crippen molar-refractivity contribution in [3.05, 3.63) is 93.8 Å². The molecular weight excluding hydrogens is 539 g/mol. The zero-order valence-electron chi connectivity index (χ0n) is 23.2. The molecule has 2 aromatic carbocycles. The number of halogens is 1. The maximum atomic E-state index is 14.2. The maximum absolute atomic E-state index is 14.2. The molecular formula is C32H33FN4O3S. The Morgan fingerprint density at radius 3 is 2.34 bits per heavy atom. The first-order chi connectivity index (χ1) is 19.9. The van der Waals surface area contributed by atoms with Crippen LogP contribution in [0.3, 0.4) is 0 Å². The van der Waals surface area contributed by atoms with Gasteiger partial charge in [-0.3, -0.25) is 9.59 Å². The molecule has 0 bridgehead atoms. The minimum atomic E-state index is -0.618. The van der Waals surface area contributed by atoms with Crippen LogP contribution in [0.15, 0.2) is 66.2 Å². The van der Waals surface area contributed by atoms with Gasteiger partial charge in [0.15, 0.2) is 0 Å². The summed E-state index contributed by atoms with van der Waals surface area (Å²) in [4.78, 5) is 34.0. The third-order valence-electron chi connectivity index (χ3n) is 7.19. The third kappa shape index (κ3) is 7.35. The topological polar surface area (TPSA) is 93.2 Å². The van der Waals surface area contributed by atoms with Gasteiger partial charge in [-0.2, -0.15) is 0 Å². The van der Waals surface area contributed by atoms with Crippen LogP contribution in [-0.2, 0) is 6.42 Å². The zero-order valence-corrected chi connectivity index (χ0v) is 24.0. The lowest BCUT2D eigenvalue weighted by molar-refractivity contribution is 0.0888. The second-order valence-electron chi connectivity index (χ2n) is 10.3. The molecule has 5 rings (SSSR count). The Balaban J connectivity index is 1.21. The number of nitrogens with zero attached hydrogens (tertiary/aromatic N) is 2. The van der Waals surface area contributed by atoms with Crippen molar-refractivity contribution in [1.82, 2.24) is 20.6 Å². The quantitative estimate of drug-likeness (QED) is 0.228. The molecule has 4 aromatic rings. The molecule has 0 atom stereocenters. The van der Waals surface area contributed by atoms with Crippen molar-refractivity contribution in [2.45, 2.75) is 64.5 Å². The van der Waals surface area contributed by atoms with E-state index in [9.17, 15) is 14.0 Å². The van der Waals surface area contributed by atoms with E-state index in [2.05, 4.69) is 51.8 Å². The number of aromatic nitrogens is 2. The van der Waals surface area contributed by atoms with E-state index in [0.717, 1.165) is 54.1 Å². The number of carbonyl (C=O) groups excluding carboxylic acids is 2. The van der Waals surface area contributed by atoms with Crippen LogP contribution in [0.1, 0.15) is 70.4 Å². The fourth-order valence-electron chi connectivity index (χ4n) is 5.05. The van der Waals surface area contributed by atoms with Crippen molar-refractivity contribution in [2.75, 3.05) is 0 Å². The van der Waals surface area contributed by atoms with E-state index in [1.807, 2.05) is 25.1 Å². The van der Waals surface area contributed by atoms with Gasteiger partial charge in [-0.15, -0.1) is 11.3 Å². The fourth-order valence-corrected chi connectivity index (χ4v) is 5.64. The van der Waals surface area contributed by atoms with Crippen LogP contribution in [0.4, 0.5) is 4.39 Å². The van der Waals surface area contributed by atoms with Crippen LogP contribution in [-0.4, -0.2) is 33.9 Å². The second-order valence-corrected chi connectivity index (χ2v) is 11.4. The van der Waals surface area contributed by atoms with Crippen molar-refractivity contribution in [3.8, 4) is 22.8 Å². The van der Waals surface area contributed by atoms with Crippen LogP contribution >= 0.6 is 11.3 Å². The molecule has 1 aliphatic rings. The molecule has 7 nitrogen and oxygen atoms in total. The standard InChI is InChI=1S/C32H33FN4O3S/c1-3-5-21-8-10-22(11-9-21)23-6-4-7-27(16-23)40-32-28(17-24(33)18-34-32)30(38)36-25-12-14-26(15-13-25)37-31(39)29-19-41-20(2)35-29/h4,6-11,16-19,25-26H,3,5,12-15H2,1-2H3,(H,36,38)(H,37,39). The van der Waals surface area contributed by atoms with Crippen LogP contribution in [0, 0.1) is 12.7 Å². The summed E-state index contributed by atoms with van der Waals surface area (Å²) in [6.07, 6.45) is 5.98. The third-order valence-corrected chi connectivity index (χ3v) is 7.96. The Bertz CT molecular complexity index is 1510. The fraction of sp³-hybridized carbons (Fsp3) is 0.312. The summed E-state index contributed by atoms with van der Waals surface area (Å²) in [5.74, 6) is -0.696. The number of carbonyl (C=O) groups is 2. The molecule has 9 heteroatoms. The number of ether oxygens (including phenoxy) is 1. The summed E-state index contributed by atoms with van der Waals surface area (Å²) in [6, 6.07) is 17.0. The Labute approximate surface area is 243 Å². The number of rotatable bonds is 9. The Kier molecular flexibility index (Phi) is 9.04. The predicted molar refractivity (Wildman–Crippen MR) is 158 cm³/mol. The van der Waals surface area contributed by atoms with Crippen molar-refractivity contribution < 1.29 is 18.7 Å². The van der Waals surface area contributed by atoms with Gasteiger partial charge in [-0.1, -0.05) is 49.7 Å². The van der Waals surface area contributed by atoms with Gasteiger partial charge in [-0.25, -0.2) is 14.4 Å². The minimum absolute atomic E-state index is 0.0162. The number of thiazole rings is 1. The number of benzene rings is 2. The van der Waals surface area contributed by atoms with Gasteiger partial charge in [-0.05, 0) is 73.9 Å². The average Bonchev–Trinajstić information content (AvgIpc) is 3.42. The SMILES string of the molecule is CCCc1ccc(-c2cccc(Oc3ncc(F)cc3C(=O)NC3CCC(NC(=O)c4csc(C)n4)CC3)c2)cc1. The molecule has 0 spiro atoms. The second kappa shape index (κ2) is 13.0. The van der Waals surface area contributed by atoms with E-state index in [1.54, 1.807) is 11.4 Å². The summed E-state index contributed by atoms with van der Waals surface area (Å²) in [5, 5.41) is 8.64. The summed E-state index contributed by atoms with van der Waals surface area (Å²) in [7, 11) is 0. The number of aryl methyl sites for hydroxylation is 2. The van der Waals surface area contributed by atoms with Crippen LogP contribution < -0.4 is 15.4 Å². The molecule has 41 heavy (non-hydrogen) atoms. The summed E-state index contributed by atoms with van der Waals surface area (Å²) >= 11 is 1.44. The van der Waals surface area contributed by atoms with Gasteiger partial charge in [0.05, 0.1) is 11.2 Å². The van der Waals surface area contributed by atoms with Crippen LogP contribution in [0.5, 0.6) is 11.6 Å². The maximum Gasteiger partial charge on any atom is 0.270 e. The highest BCUT2D eigenvalue weighted by Gasteiger charge is 2.26. The minimum Gasteiger partial charge on any atom is -0.438 e. The highest BCUT2D eigenvalue weighted by molar-refractivity contribution is 7.09. The Morgan fingerprint density at radius 1 is 0.976 bits per heavy atom. The molecule has 1 aliphatic carbocycles. The van der Waals surface area contributed by atoms with Gasteiger partial charge in [0.25, 0.3) is 11.8 Å². The van der Waals surface area contributed by atoms with Crippen molar-refractivity contribution in [2.24, 2.45) is 0 Å². The number of hydrogen-bond acceptors (Lipinski definition) is 6. The molecule has 0 saturated heterocycles. The smallest absolute Gasteiger partial charge is 0.270 e. The molecule has 0 aliphatic heterocycles. The number of nitrogens with one attached hydrogen (secondary N) is 2. The highest BCUT2D eigenvalue weighted by Crippen LogP contribution is 2.29. The van der Waals surface area contributed by atoms with Crippen molar-refractivity contribution in [1.29, 1.82) is 0 Å². The Morgan fingerprint density at radius 2 is 1.68 bits per heavy atom. The molecule has 1 saturated carbocycles. The highest BCUT2D eigenvalue weighted by atomic mass is 32.1. The summed E-state index contributed by atoms with van der Waals surface area (Å²) in [6.45, 7) is 4.02. The zero-order chi connectivity index (χ0) is 28.8. The van der Waals surface area contributed by atoms with E-state index in [-0.39, 0.29) is 29.4 Å². The van der Waals surface area contributed by atoms with Gasteiger partial charge < -0.3 is 15.4 Å². The van der Waals surface area contributed by atoms with Crippen LogP contribution in [0.25, 0.3) is 11.1 Å². The summed E-state index contributed by atoms with van der Waals surface area (Å²) in [5.41, 5.74) is 3.78. The number of pyridine rings is 1. The normalized spacial score (nSPS) is 16.7. The van der Waals surface area contributed by atoms with E-state index in [1.165, 1.54) is 16.9 Å². The number of amides is 2. The molecule has 212 valence electrons. The molecule has 2 amide bonds. The molecule has 2 N–H and O–H groups in total. The molecule has 2 aromatic heterocycles. The molecule has 2 heterocycles. The van der Waals surface area contributed by atoms with Gasteiger partial charge in [0.2, 0.25) is 5.88 Å². The van der Waals surface area contributed by atoms with E-state index in [4.69, 9.17) is 4.74 Å². The lowest BCUT2D eigenvalue weighted by Gasteiger charge is -2.29. The largest absolute Gasteiger partial charge is 0.438 e. The van der Waals surface area contributed by atoms with Crippen molar-refractivity contribution in [3.63, 3.8) is 0 Å². The Hall–Kier alpha value is -4.11. The van der Waals surface area contributed by atoms with Crippen molar-refractivity contribution >= 4 is 23.2 Å². The van der Waals surface area contributed by atoms with Gasteiger partial charge in [0, 0.05) is 17.5 Å². The molecule has 0 unspecified atom stereocenters. The van der Waals surface area contributed by atoms with E-state index >= 15 is 0 Å². The molecule has 1 fully saturated rings. The first-order valence-electron chi connectivity index (χ1n) is 13.9. The summed E-state index contributed by atoms with van der Waals surface area (Å²) < 4.78 is 20.2. The lowest BCUT2D eigenvalue weighted by Crippen LogP contribution is -2.44. The first-order valence-corrected chi connectivity index (χ1v) is 14.8. The van der Waals surface area contributed by atoms with E-state index < -0.39 is 11.7 Å². The van der Waals surface area contributed by atoms with Crippen LogP contribution in [0.2, 0.25) is 0 Å². The predicted octanol–water partition coefficient (Wildman–Crippen LogP) is 6.87.